The molecule has 0 bridgehead atoms. The fourth-order valence-electron chi connectivity index (χ4n) is 2.77. The third kappa shape index (κ3) is 3.21. The summed E-state index contributed by atoms with van der Waals surface area (Å²) in [5, 5.41) is 3.60. The van der Waals surface area contributed by atoms with E-state index >= 15 is 0 Å². The van der Waals surface area contributed by atoms with Gasteiger partial charge >= 0.3 is 0 Å². The molecule has 2 heterocycles. The summed E-state index contributed by atoms with van der Waals surface area (Å²) in [7, 11) is 0. The zero-order valence-corrected chi connectivity index (χ0v) is 11.2. The van der Waals surface area contributed by atoms with Gasteiger partial charge < -0.3 is 5.32 Å². The van der Waals surface area contributed by atoms with E-state index in [1.807, 2.05) is 18.5 Å². The van der Waals surface area contributed by atoms with E-state index < -0.39 is 0 Å². The quantitative estimate of drug-likeness (QED) is 0.905. The molecule has 2 aromatic rings. The number of nitrogens with zero attached hydrogens (tertiary/aromatic N) is 1. The van der Waals surface area contributed by atoms with Crippen LogP contribution in [0, 0.1) is 0 Å². The molecular formula is C17H20N2. The molecule has 1 aromatic carbocycles. The van der Waals surface area contributed by atoms with Gasteiger partial charge in [0.15, 0.2) is 0 Å². The standard InChI is InChI=1S/C17H20N2/c1-2-6-15(7-3-1)16-10-14(12-18-13-16)11-17-8-4-5-9-19-17/h1-3,6-7,10,12-13,17,19H,4-5,8-9,11H2. The van der Waals surface area contributed by atoms with E-state index in [4.69, 9.17) is 0 Å². The summed E-state index contributed by atoms with van der Waals surface area (Å²) < 4.78 is 0. The average molecular weight is 252 g/mol. The number of piperidine rings is 1. The van der Waals surface area contributed by atoms with Crippen LogP contribution in [0.4, 0.5) is 0 Å². The van der Waals surface area contributed by atoms with Gasteiger partial charge in [-0.15, -0.1) is 0 Å². The Hall–Kier alpha value is -1.67. The molecule has 1 aromatic heterocycles. The fraction of sp³-hybridized carbons (Fsp3) is 0.353. The molecule has 1 unspecified atom stereocenters. The molecule has 1 atom stereocenters. The van der Waals surface area contributed by atoms with Gasteiger partial charge in [0, 0.05) is 24.0 Å². The monoisotopic (exact) mass is 252 g/mol. The Kier molecular flexibility index (Phi) is 3.89. The zero-order chi connectivity index (χ0) is 12.9. The van der Waals surface area contributed by atoms with Crippen molar-refractivity contribution in [1.82, 2.24) is 10.3 Å². The Morgan fingerprint density at radius 1 is 1.05 bits per heavy atom. The first-order valence-electron chi connectivity index (χ1n) is 7.14. The van der Waals surface area contributed by atoms with Crippen LogP contribution in [-0.4, -0.2) is 17.6 Å². The Bertz CT molecular complexity index is 516. The van der Waals surface area contributed by atoms with Gasteiger partial charge in [-0.05, 0) is 43.0 Å². The summed E-state index contributed by atoms with van der Waals surface area (Å²) in [6, 6.07) is 13.4. The minimum atomic E-state index is 0.626. The van der Waals surface area contributed by atoms with Crippen molar-refractivity contribution >= 4 is 0 Å². The zero-order valence-electron chi connectivity index (χ0n) is 11.2. The molecule has 0 spiro atoms. The van der Waals surface area contributed by atoms with E-state index in [9.17, 15) is 0 Å². The third-order valence-electron chi connectivity index (χ3n) is 3.80. The van der Waals surface area contributed by atoms with Crippen molar-refractivity contribution in [2.45, 2.75) is 31.7 Å². The van der Waals surface area contributed by atoms with Crippen LogP contribution in [0.15, 0.2) is 48.8 Å². The van der Waals surface area contributed by atoms with Gasteiger partial charge in [-0.1, -0.05) is 36.8 Å². The van der Waals surface area contributed by atoms with Gasteiger partial charge in [0.05, 0.1) is 0 Å². The van der Waals surface area contributed by atoms with Crippen molar-refractivity contribution < 1.29 is 0 Å². The second-order valence-corrected chi connectivity index (χ2v) is 5.30. The van der Waals surface area contributed by atoms with Crippen LogP contribution in [-0.2, 0) is 6.42 Å². The molecule has 3 rings (SSSR count). The van der Waals surface area contributed by atoms with Crippen LogP contribution in [0.5, 0.6) is 0 Å². The highest BCUT2D eigenvalue weighted by molar-refractivity contribution is 5.62. The molecule has 1 fully saturated rings. The molecule has 2 nitrogen and oxygen atoms in total. The number of benzene rings is 1. The topological polar surface area (TPSA) is 24.9 Å². The molecule has 2 heteroatoms. The molecule has 0 saturated carbocycles. The molecule has 0 aliphatic carbocycles. The highest BCUT2D eigenvalue weighted by atomic mass is 14.9. The maximum Gasteiger partial charge on any atom is 0.0346 e. The maximum atomic E-state index is 4.40. The Morgan fingerprint density at radius 3 is 2.74 bits per heavy atom. The summed E-state index contributed by atoms with van der Waals surface area (Å²) in [6.45, 7) is 1.16. The summed E-state index contributed by atoms with van der Waals surface area (Å²) in [4.78, 5) is 4.40. The normalized spacial score (nSPS) is 19.3. The molecule has 0 amide bonds. The van der Waals surface area contributed by atoms with Gasteiger partial charge in [-0.25, -0.2) is 0 Å². The van der Waals surface area contributed by atoms with E-state index in [1.165, 1.54) is 36.0 Å². The minimum absolute atomic E-state index is 0.626. The smallest absolute Gasteiger partial charge is 0.0346 e. The van der Waals surface area contributed by atoms with Crippen molar-refractivity contribution in [2.75, 3.05) is 6.54 Å². The minimum Gasteiger partial charge on any atom is -0.314 e. The highest BCUT2D eigenvalue weighted by Gasteiger charge is 2.13. The summed E-state index contributed by atoms with van der Waals surface area (Å²) in [5.74, 6) is 0. The number of aromatic nitrogens is 1. The van der Waals surface area contributed by atoms with Crippen molar-refractivity contribution in [3.8, 4) is 11.1 Å². The number of hydrogen-bond acceptors (Lipinski definition) is 2. The van der Waals surface area contributed by atoms with E-state index in [-0.39, 0.29) is 0 Å². The SMILES string of the molecule is c1ccc(-c2cncc(CC3CCCCN3)c2)cc1. The lowest BCUT2D eigenvalue weighted by Gasteiger charge is -2.23. The molecule has 1 aliphatic heterocycles. The van der Waals surface area contributed by atoms with Gasteiger partial charge in [-0.3, -0.25) is 4.98 Å². The van der Waals surface area contributed by atoms with Crippen LogP contribution >= 0.6 is 0 Å². The Labute approximate surface area is 114 Å². The lowest BCUT2D eigenvalue weighted by atomic mass is 9.97. The lowest BCUT2D eigenvalue weighted by Crippen LogP contribution is -2.35. The molecule has 1 aliphatic rings. The molecular weight excluding hydrogens is 232 g/mol. The van der Waals surface area contributed by atoms with Crippen LogP contribution in [0.2, 0.25) is 0 Å². The van der Waals surface area contributed by atoms with Crippen LogP contribution in [0.1, 0.15) is 24.8 Å². The molecule has 1 N–H and O–H groups in total. The molecule has 19 heavy (non-hydrogen) atoms. The second-order valence-electron chi connectivity index (χ2n) is 5.30. The van der Waals surface area contributed by atoms with E-state index in [0.717, 1.165) is 13.0 Å². The lowest BCUT2D eigenvalue weighted by molar-refractivity contribution is 0.399. The Morgan fingerprint density at radius 2 is 1.95 bits per heavy atom. The van der Waals surface area contributed by atoms with Crippen molar-refractivity contribution in [1.29, 1.82) is 0 Å². The third-order valence-corrected chi connectivity index (χ3v) is 3.80. The first-order valence-corrected chi connectivity index (χ1v) is 7.14. The molecule has 1 saturated heterocycles. The van der Waals surface area contributed by atoms with Gasteiger partial charge in [0.25, 0.3) is 0 Å². The first-order chi connectivity index (χ1) is 9.42. The maximum absolute atomic E-state index is 4.40. The number of nitrogens with one attached hydrogen (secondary N) is 1. The van der Waals surface area contributed by atoms with Gasteiger partial charge in [0.2, 0.25) is 0 Å². The predicted octanol–water partition coefficient (Wildman–Crippen LogP) is 3.43. The van der Waals surface area contributed by atoms with E-state index in [0.29, 0.717) is 6.04 Å². The number of pyridine rings is 1. The van der Waals surface area contributed by atoms with Gasteiger partial charge in [0.1, 0.15) is 0 Å². The molecule has 0 radical (unpaired) electrons. The van der Waals surface area contributed by atoms with Gasteiger partial charge in [-0.2, -0.15) is 0 Å². The second kappa shape index (κ2) is 5.98. The number of rotatable bonds is 3. The average Bonchev–Trinajstić information content (AvgIpc) is 2.49. The molecule has 98 valence electrons. The summed E-state index contributed by atoms with van der Waals surface area (Å²) in [6.07, 6.45) is 9.00. The summed E-state index contributed by atoms with van der Waals surface area (Å²) in [5.41, 5.74) is 3.79. The van der Waals surface area contributed by atoms with Crippen molar-refractivity contribution in [3.05, 3.63) is 54.4 Å². The Balaban J connectivity index is 1.76. The summed E-state index contributed by atoms with van der Waals surface area (Å²) >= 11 is 0. The number of hydrogen-bond donors (Lipinski definition) is 1. The highest BCUT2D eigenvalue weighted by Crippen LogP contribution is 2.20. The largest absolute Gasteiger partial charge is 0.314 e. The fourth-order valence-corrected chi connectivity index (χ4v) is 2.77. The predicted molar refractivity (Wildman–Crippen MR) is 79.0 cm³/mol. The van der Waals surface area contributed by atoms with Crippen molar-refractivity contribution in [3.63, 3.8) is 0 Å². The van der Waals surface area contributed by atoms with E-state index in [1.54, 1.807) is 0 Å². The van der Waals surface area contributed by atoms with Crippen LogP contribution < -0.4 is 5.32 Å². The first kappa shape index (κ1) is 12.4. The van der Waals surface area contributed by atoms with Crippen LogP contribution in [0.25, 0.3) is 11.1 Å². The van der Waals surface area contributed by atoms with Crippen LogP contribution in [0.3, 0.4) is 0 Å². The van der Waals surface area contributed by atoms with Crippen molar-refractivity contribution in [2.24, 2.45) is 0 Å². The van der Waals surface area contributed by atoms with E-state index in [2.05, 4.69) is 40.6 Å².